The summed E-state index contributed by atoms with van der Waals surface area (Å²) in [5.74, 6) is 0.468. The lowest BCUT2D eigenvalue weighted by molar-refractivity contribution is -0.127. The summed E-state index contributed by atoms with van der Waals surface area (Å²) in [6.45, 7) is 0. The monoisotopic (exact) mass is 220 g/mol. The van der Waals surface area contributed by atoms with Crippen LogP contribution in [0.25, 0.3) is 6.08 Å². The van der Waals surface area contributed by atoms with Crippen LogP contribution in [0.15, 0.2) is 35.1 Å². The molecule has 0 bridgehead atoms. The van der Waals surface area contributed by atoms with Gasteiger partial charge >= 0.3 is 0 Å². The molecule has 1 aliphatic heterocycles. The normalized spacial score (nSPS) is 17.4. The molecule has 0 saturated heterocycles. The van der Waals surface area contributed by atoms with E-state index in [4.69, 9.17) is 10.6 Å². The van der Waals surface area contributed by atoms with Crippen LogP contribution in [0.1, 0.15) is 5.56 Å². The van der Waals surface area contributed by atoms with Crippen molar-refractivity contribution < 1.29 is 9.94 Å². The van der Waals surface area contributed by atoms with E-state index in [1.807, 2.05) is 6.07 Å². The number of hydrazone groups is 1. The molecule has 0 atom stereocenters. The number of nitrogens with one attached hydrogen (secondary N) is 1. The molecule has 1 aromatic rings. The first-order valence-corrected chi connectivity index (χ1v) is 4.65. The van der Waals surface area contributed by atoms with Gasteiger partial charge in [0.05, 0.1) is 7.11 Å². The van der Waals surface area contributed by atoms with Crippen LogP contribution in [0.2, 0.25) is 0 Å². The predicted octanol–water partition coefficient (Wildman–Crippen LogP) is 0.387. The maximum atomic E-state index is 9.61. The van der Waals surface area contributed by atoms with E-state index < -0.39 is 0 Å². The summed E-state index contributed by atoms with van der Waals surface area (Å²) >= 11 is 0. The second-order valence-corrected chi connectivity index (χ2v) is 3.16. The van der Waals surface area contributed by atoms with Crippen LogP contribution in [0.3, 0.4) is 0 Å². The number of aromatic hydroxyl groups is 1. The second-order valence-electron chi connectivity index (χ2n) is 3.16. The molecule has 2 rings (SSSR count). The highest BCUT2D eigenvalue weighted by Gasteiger charge is 2.19. The van der Waals surface area contributed by atoms with Gasteiger partial charge in [-0.2, -0.15) is 5.53 Å². The number of rotatable bonds is 2. The molecule has 1 aromatic carbocycles. The minimum atomic E-state index is 0.172. The number of hydroxylamine groups is 1. The van der Waals surface area contributed by atoms with Gasteiger partial charge in [-0.05, 0) is 12.1 Å². The van der Waals surface area contributed by atoms with E-state index >= 15 is 0 Å². The third kappa shape index (κ3) is 1.78. The fourth-order valence-corrected chi connectivity index (χ4v) is 1.34. The molecule has 1 heterocycles. The van der Waals surface area contributed by atoms with Crippen LogP contribution in [-0.4, -0.2) is 23.2 Å². The van der Waals surface area contributed by atoms with Gasteiger partial charge in [-0.15, -0.1) is 10.3 Å². The number of nitrogens with two attached hydrogens (primary N) is 1. The highest BCUT2D eigenvalue weighted by molar-refractivity contribution is 6.01. The number of para-hydroxylation sites is 1. The Bertz CT molecular complexity index is 456. The zero-order valence-corrected chi connectivity index (χ0v) is 8.71. The SMILES string of the molecule is CON1NN=C(N)C1=Cc1ccccc1O. The first kappa shape index (κ1) is 10.3. The van der Waals surface area contributed by atoms with Crippen molar-refractivity contribution in [3.8, 4) is 5.75 Å². The molecule has 84 valence electrons. The largest absolute Gasteiger partial charge is 0.507 e. The summed E-state index contributed by atoms with van der Waals surface area (Å²) in [4.78, 5) is 4.98. The third-order valence-electron chi connectivity index (χ3n) is 2.15. The Morgan fingerprint density at radius 2 is 2.25 bits per heavy atom. The zero-order chi connectivity index (χ0) is 11.5. The maximum Gasteiger partial charge on any atom is 0.173 e. The van der Waals surface area contributed by atoms with Crippen molar-refractivity contribution in [3.05, 3.63) is 35.5 Å². The Morgan fingerprint density at radius 3 is 2.94 bits per heavy atom. The average molecular weight is 220 g/mol. The molecule has 0 aliphatic carbocycles. The van der Waals surface area contributed by atoms with Crippen molar-refractivity contribution in [3.63, 3.8) is 0 Å². The third-order valence-corrected chi connectivity index (χ3v) is 2.15. The van der Waals surface area contributed by atoms with Crippen molar-refractivity contribution in [2.24, 2.45) is 10.8 Å². The standard InChI is InChI=1S/C10H12N4O2/c1-16-14-8(10(11)12-13-14)6-7-4-2-3-5-9(7)15/h2-6,13,15H,1H3,(H2,11,12). The summed E-state index contributed by atoms with van der Waals surface area (Å²) < 4.78 is 0. The summed E-state index contributed by atoms with van der Waals surface area (Å²) in [7, 11) is 1.49. The number of hydrazine groups is 1. The summed E-state index contributed by atoms with van der Waals surface area (Å²) in [5.41, 5.74) is 9.41. The Balaban J connectivity index is 2.36. The molecule has 6 heteroatoms. The van der Waals surface area contributed by atoms with Crippen molar-refractivity contribution in [1.29, 1.82) is 0 Å². The van der Waals surface area contributed by atoms with E-state index in [9.17, 15) is 5.11 Å². The average Bonchev–Trinajstić information content (AvgIpc) is 2.63. The Labute approximate surface area is 92.5 Å². The van der Waals surface area contributed by atoms with Gasteiger partial charge in [0.1, 0.15) is 11.4 Å². The van der Waals surface area contributed by atoms with E-state index in [-0.39, 0.29) is 5.75 Å². The van der Waals surface area contributed by atoms with Gasteiger partial charge in [-0.25, -0.2) is 0 Å². The fraction of sp³-hybridized carbons (Fsp3) is 0.100. The second kappa shape index (κ2) is 4.11. The van der Waals surface area contributed by atoms with Crippen LogP contribution < -0.4 is 11.3 Å². The van der Waals surface area contributed by atoms with E-state index in [1.54, 1.807) is 24.3 Å². The first-order chi connectivity index (χ1) is 7.72. The molecule has 0 radical (unpaired) electrons. The predicted molar refractivity (Wildman–Crippen MR) is 59.7 cm³/mol. The number of hydrogen-bond acceptors (Lipinski definition) is 6. The number of amidine groups is 1. The Morgan fingerprint density at radius 1 is 1.50 bits per heavy atom. The topological polar surface area (TPSA) is 83.1 Å². The number of phenolic OH excluding ortho intramolecular Hbond substituents is 1. The van der Waals surface area contributed by atoms with Crippen LogP contribution >= 0.6 is 0 Å². The highest BCUT2D eigenvalue weighted by Crippen LogP contribution is 2.21. The number of phenols is 1. The van der Waals surface area contributed by atoms with Crippen molar-refractivity contribution >= 4 is 11.9 Å². The van der Waals surface area contributed by atoms with E-state index in [0.717, 1.165) is 0 Å². The summed E-state index contributed by atoms with van der Waals surface area (Å²) in [6, 6.07) is 6.93. The minimum absolute atomic E-state index is 0.172. The van der Waals surface area contributed by atoms with Crippen molar-refractivity contribution in [2.75, 3.05) is 7.11 Å². The van der Waals surface area contributed by atoms with Gasteiger partial charge in [0.25, 0.3) is 0 Å². The van der Waals surface area contributed by atoms with Gasteiger partial charge in [0.15, 0.2) is 5.84 Å². The number of benzene rings is 1. The maximum absolute atomic E-state index is 9.61. The Hall–Kier alpha value is -2.21. The van der Waals surface area contributed by atoms with Gasteiger partial charge < -0.3 is 10.8 Å². The van der Waals surface area contributed by atoms with Crippen LogP contribution in [-0.2, 0) is 4.84 Å². The van der Waals surface area contributed by atoms with Crippen molar-refractivity contribution in [1.82, 2.24) is 10.7 Å². The Kier molecular flexibility index (Phi) is 2.65. The molecule has 0 saturated carbocycles. The molecule has 0 spiro atoms. The van der Waals surface area contributed by atoms with Gasteiger partial charge in [-0.1, -0.05) is 18.2 Å². The highest BCUT2D eigenvalue weighted by atomic mass is 16.7. The summed E-state index contributed by atoms with van der Waals surface area (Å²) in [5, 5.41) is 14.7. The lowest BCUT2D eigenvalue weighted by atomic mass is 10.1. The van der Waals surface area contributed by atoms with E-state index in [1.165, 1.54) is 12.3 Å². The van der Waals surface area contributed by atoms with Crippen LogP contribution in [0.5, 0.6) is 5.75 Å². The minimum Gasteiger partial charge on any atom is -0.507 e. The smallest absolute Gasteiger partial charge is 0.173 e. The zero-order valence-electron chi connectivity index (χ0n) is 8.71. The van der Waals surface area contributed by atoms with Crippen molar-refractivity contribution in [2.45, 2.75) is 0 Å². The molecule has 0 fully saturated rings. The summed E-state index contributed by atoms with van der Waals surface area (Å²) in [6.07, 6.45) is 1.68. The number of nitrogens with zero attached hydrogens (tertiary/aromatic N) is 2. The molecule has 1 aliphatic rings. The van der Waals surface area contributed by atoms with Gasteiger partial charge in [0, 0.05) is 5.56 Å². The molecule has 0 aromatic heterocycles. The molecule has 4 N–H and O–H groups in total. The van der Waals surface area contributed by atoms with Gasteiger partial charge in [0.2, 0.25) is 0 Å². The van der Waals surface area contributed by atoms with E-state index in [0.29, 0.717) is 17.1 Å². The molecule has 0 unspecified atom stereocenters. The molecular formula is C10H12N4O2. The van der Waals surface area contributed by atoms with Crippen LogP contribution in [0.4, 0.5) is 0 Å². The molecule has 0 amide bonds. The fourth-order valence-electron chi connectivity index (χ4n) is 1.34. The molecule has 6 nitrogen and oxygen atoms in total. The van der Waals surface area contributed by atoms with Crippen LogP contribution in [0, 0.1) is 0 Å². The number of hydrogen-bond donors (Lipinski definition) is 3. The first-order valence-electron chi connectivity index (χ1n) is 4.65. The quantitative estimate of drug-likeness (QED) is 0.671. The molecule has 16 heavy (non-hydrogen) atoms. The molecular weight excluding hydrogens is 208 g/mol. The van der Waals surface area contributed by atoms with E-state index in [2.05, 4.69) is 10.6 Å². The lowest BCUT2D eigenvalue weighted by Crippen LogP contribution is -2.29. The van der Waals surface area contributed by atoms with Gasteiger partial charge in [-0.3, -0.25) is 4.84 Å². The lowest BCUT2D eigenvalue weighted by Gasteiger charge is -2.14.